The summed E-state index contributed by atoms with van der Waals surface area (Å²) in [7, 11) is 1.68. The number of carboxylic acids is 1. The van der Waals surface area contributed by atoms with Gasteiger partial charge < -0.3 is 9.84 Å². The van der Waals surface area contributed by atoms with Crippen molar-refractivity contribution >= 4 is 5.97 Å². The minimum Gasteiger partial charge on any atom is -0.496 e. The van der Waals surface area contributed by atoms with E-state index in [1.165, 1.54) is 5.56 Å². The van der Waals surface area contributed by atoms with Gasteiger partial charge in [-0.15, -0.1) is 0 Å². The lowest BCUT2D eigenvalue weighted by molar-refractivity contribution is -0.138. The first-order valence-corrected chi connectivity index (χ1v) is 7.54. The molecule has 0 fully saturated rings. The van der Waals surface area contributed by atoms with E-state index in [1.807, 2.05) is 31.2 Å². The van der Waals surface area contributed by atoms with Crippen LogP contribution in [0.3, 0.4) is 0 Å². The second kappa shape index (κ2) is 7.64. The van der Waals surface area contributed by atoms with Crippen molar-refractivity contribution in [1.82, 2.24) is 0 Å². The van der Waals surface area contributed by atoms with E-state index >= 15 is 0 Å². The van der Waals surface area contributed by atoms with Crippen molar-refractivity contribution in [3.8, 4) is 16.9 Å². The monoisotopic (exact) mass is 298 g/mol. The summed E-state index contributed by atoms with van der Waals surface area (Å²) in [5, 5.41) is 8.83. The Morgan fingerprint density at radius 3 is 2.55 bits per heavy atom. The zero-order valence-corrected chi connectivity index (χ0v) is 13.1. The van der Waals surface area contributed by atoms with Crippen LogP contribution in [0.25, 0.3) is 11.1 Å². The maximum atomic E-state index is 10.7. The van der Waals surface area contributed by atoms with Gasteiger partial charge in [0.25, 0.3) is 0 Å². The fourth-order valence-electron chi connectivity index (χ4n) is 2.57. The van der Waals surface area contributed by atoms with Gasteiger partial charge in [-0.3, -0.25) is 4.79 Å². The summed E-state index contributed by atoms with van der Waals surface area (Å²) in [5.41, 5.74) is 3.41. The minimum absolute atomic E-state index is 0.180. The molecule has 0 aliphatic rings. The van der Waals surface area contributed by atoms with Gasteiger partial charge in [0.15, 0.2) is 0 Å². The highest BCUT2D eigenvalue weighted by atomic mass is 16.5. The fourth-order valence-corrected chi connectivity index (χ4v) is 2.57. The number of benzene rings is 2. The van der Waals surface area contributed by atoms with Gasteiger partial charge in [0, 0.05) is 12.0 Å². The van der Waals surface area contributed by atoms with Crippen molar-refractivity contribution in [3.63, 3.8) is 0 Å². The SMILES string of the molecule is COc1ccc(CCC(C)CC(=O)O)cc1-c1ccccc1. The summed E-state index contributed by atoms with van der Waals surface area (Å²) in [4.78, 5) is 10.7. The van der Waals surface area contributed by atoms with Crippen molar-refractivity contribution in [3.05, 3.63) is 54.1 Å². The van der Waals surface area contributed by atoms with E-state index in [0.717, 1.165) is 29.7 Å². The topological polar surface area (TPSA) is 46.5 Å². The quantitative estimate of drug-likeness (QED) is 0.823. The van der Waals surface area contributed by atoms with Crippen LogP contribution in [0.5, 0.6) is 5.75 Å². The highest BCUT2D eigenvalue weighted by molar-refractivity contribution is 5.71. The van der Waals surface area contributed by atoms with Gasteiger partial charge in [-0.25, -0.2) is 0 Å². The molecule has 0 amide bonds. The summed E-state index contributed by atoms with van der Waals surface area (Å²) >= 11 is 0. The number of aryl methyl sites for hydroxylation is 1. The maximum absolute atomic E-state index is 10.7. The summed E-state index contributed by atoms with van der Waals surface area (Å²) < 4.78 is 5.46. The highest BCUT2D eigenvalue weighted by Crippen LogP contribution is 2.31. The summed E-state index contributed by atoms with van der Waals surface area (Å²) in [6, 6.07) is 16.3. The Morgan fingerprint density at radius 1 is 1.18 bits per heavy atom. The Balaban J connectivity index is 2.16. The standard InChI is InChI=1S/C19H22O3/c1-14(12-19(20)21)8-9-15-10-11-18(22-2)17(13-15)16-6-4-3-5-7-16/h3-7,10-11,13-14H,8-9,12H2,1-2H3,(H,20,21). The Bertz CT molecular complexity index is 620. The van der Waals surface area contributed by atoms with Crippen LogP contribution in [0.4, 0.5) is 0 Å². The van der Waals surface area contributed by atoms with E-state index < -0.39 is 5.97 Å². The van der Waals surface area contributed by atoms with E-state index in [1.54, 1.807) is 7.11 Å². The molecule has 1 atom stereocenters. The van der Waals surface area contributed by atoms with Gasteiger partial charge >= 0.3 is 5.97 Å². The largest absolute Gasteiger partial charge is 0.496 e. The zero-order valence-electron chi connectivity index (χ0n) is 13.1. The molecule has 3 heteroatoms. The lowest BCUT2D eigenvalue weighted by atomic mass is 9.95. The molecule has 1 unspecified atom stereocenters. The van der Waals surface area contributed by atoms with Gasteiger partial charge in [0.2, 0.25) is 0 Å². The van der Waals surface area contributed by atoms with Crippen LogP contribution in [0.15, 0.2) is 48.5 Å². The molecule has 0 bridgehead atoms. The highest BCUT2D eigenvalue weighted by Gasteiger charge is 2.10. The van der Waals surface area contributed by atoms with E-state index in [4.69, 9.17) is 9.84 Å². The molecular formula is C19H22O3. The molecule has 0 aliphatic heterocycles. The van der Waals surface area contributed by atoms with Crippen LogP contribution >= 0.6 is 0 Å². The predicted molar refractivity (Wildman–Crippen MR) is 88.2 cm³/mol. The van der Waals surface area contributed by atoms with E-state index in [0.29, 0.717) is 0 Å². The van der Waals surface area contributed by atoms with Gasteiger partial charge in [-0.05, 0) is 42.0 Å². The zero-order chi connectivity index (χ0) is 15.9. The number of carbonyl (C=O) groups is 1. The average molecular weight is 298 g/mol. The minimum atomic E-state index is -0.729. The molecule has 2 aromatic rings. The summed E-state index contributed by atoms with van der Waals surface area (Å²) in [6.45, 7) is 1.98. The molecular weight excluding hydrogens is 276 g/mol. The molecule has 2 aromatic carbocycles. The molecule has 0 saturated heterocycles. The smallest absolute Gasteiger partial charge is 0.303 e. The lowest BCUT2D eigenvalue weighted by Crippen LogP contribution is -2.05. The van der Waals surface area contributed by atoms with Gasteiger partial charge in [-0.1, -0.05) is 43.3 Å². The molecule has 0 aliphatic carbocycles. The predicted octanol–water partition coefficient (Wildman–Crippen LogP) is 4.41. The molecule has 0 heterocycles. The van der Waals surface area contributed by atoms with Gasteiger partial charge in [0.1, 0.15) is 5.75 Å². The first-order valence-electron chi connectivity index (χ1n) is 7.54. The second-order valence-electron chi connectivity index (χ2n) is 5.64. The molecule has 0 saturated carbocycles. The second-order valence-corrected chi connectivity index (χ2v) is 5.64. The van der Waals surface area contributed by atoms with Crippen molar-refractivity contribution in [1.29, 1.82) is 0 Å². The Hall–Kier alpha value is -2.29. The number of hydrogen-bond acceptors (Lipinski definition) is 2. The van der Waals surface area contributed by atoms with Gasteiger partial charge in [0.05, 0.1) is 7.11 Å². The summed E-state index contributed by atoms with van der Waals surface area (Å²) in [6.07, 6.45) is 1.97. The number of rotatable bonds is 7. The summed E-state index contributed by atoms with van der Waals surface area (Å²) in [5.74, 6) is 0.306. The number of ether oxygens (including phenoxy) is 1. The normalized spacial score (nSPS) is 11.9. The third-order valence-corrected chi connectivity index (χ3v) is 3.80. The molecule has 116 valence electrons. The van der Waals surface area contributed by atoms with Crippen LogP contribution in [0, 0.1) is 5.92 Å². The third kappa shape index (κ3) is 4.35. The van der Waals surface area contributed by atoms with Crippen molar-refractivity contribution in [2.24, 2.45) is 5.92 Å². The molecule has 2 rings (SSSR count). The van der Waals surface area contributed by atoms with Crippen molar-refractivity contribution < 1.29 is 14.6 Å². The average Bonchev–Trinajstić information content (AvgIpc) is 2.53. The van der Waals surface area contributed by atoms with Crippen molar-refractivity contribution in [2.45, 2.75) is 26.2 Å². The first-order chi connectivity index (χ1) is 10.6. The Morgan fingerprint density at radius 2 is 1.91 bits per heavy atom. The molecule has 0 spiro atoms. The lowest BCUT2D eigenvalue weighted by Gasteiger charge is -2.13. The Kier molecular flexibility index (Phi) is 5.59. The van der Waals surface area contributed by atoms with Gasteiger partial charge in [-0.2, -0.15) is 0 Å². The van der Waals surface area contributed by atoms with E-state index in [2.05, 4.69) is 24.3 Å². The van der Waals surface area contributed by atoms with Crippen LogP contribution in [0.2, 0.25) is 0 Å². The van der Waals surface area contributed by atoms with Crippen LogP contribution in [-0.2, 0) is 11.2 Å². The van der Waals surface area contributed by atoms with Crippen LogP contribution < -0.4 is 4.74 Å². The number of aliphatic carboxylic acids is 1. The Labute approximate surface area is 131 Å². The fraction of sp³-hybridized carbons (Fsp3) is 0.316. The van der Waals surface area contributed by atoms with E-state index in [9.17, 15) is 4.79 Å². The molecule has 22 heavy (non-hydrogen) atoms. The first kappa shape index (κ1) is 16.1. The molecule has 0 aromatic heterocycles. The third-order valence-electron chi connectivity index (χ3n) is 3.80. The number of hydrogen-bond donors (Lipinski definition) is 1. The maximum Gasteiger partial charge on any atom is 0.303 e. The molecule has 3 nitrogen and oxygen atoms in total. The van der Waals surface area contributed by atoms with Crippen LogP contribution in [0.1, 0.15) is 25.3 Å². The van der Waals surface area contributed by atoms with Crippen molar-refractivity contribution in [2.75, 3.05) is 7.11 Å². The number of carboxylic acid groups (broad SMARTS) is 1. The van der Waals surface area contributed by atoms with E-state index in [-0.39, 0.29) is 12.3 Å². The molecule has 0 radical (unpaired) electrons. The molecule has 1 N–H and O–H groups in total. The number of methoxy groups -OCH3 is 1. The van der Waals surface area contributed by atoms with Crippen LogP contribution in [-0.4, -0.2) is 18.2 Å².